The molecular formula is C25H18F3N3O4. The number of nitrogens with one attached hydrogen (secondary N) is 2. The summed E-state index contributed by atoms with van der Waals surface area (Å²) in [7, 11) is 0. The lowest BCUT2D eigenvalue weighted by molar-refractivity contribution is -0.137. The van der Waals surface area contributed by atoms with Gasteiger partial charge >= 0.3 is 6.18 Å². The number of hydrogen-bond donors (Lipinski definition) is 2. The van der Waals surface area contributed by atoms with E-state index >= 15 is 0 Å². The predicted molar refractivity (Wildman–Crippen MR) is 118 cm³/mol. The van der Waals surface area contributed by atoms with Gasteiger partial charge in [-0.2, -0.15) is 13.2 Å². The van der Waals surface area contributed by atoms with Crippen LogP contribution in [0.4, 0.5) is 19.0 Å². The second-order valence-electron chi connectivity index (χ2n) is 8.67. The van der Waals surface area contributed by atoms with Gasteiger partial charge in [0.1, 0.15) is 29.2 Å². The Morgan fingerprint density at radius 1 is 1.14 bits per heavy atom. The molecule has 0 saturated heterocycles. The third-order valence-corrected chi connectivity index (χ3v) is 6.41. The minimum atomic E-state index is -4.52. The second kappa shape index (κ2) is 7.72. The molecule has 0 spiro atoms. The maximum atomic E-state index is 13.0. The van der Waals surface area contributed by atoms with Gasteiger partial charge in [-0.1, -0.05) is 6.07 Å². The quantitative estimate of drug-likeness (QED) is 0.576. The molecular weight excluding hydrogens is 463 g/mol. The number of anilines is 1. The summed E-state index contributed by atoms with van der Waals surface area (Å²) in [6.45, 7) is 0. The zero-order valence-corrected chi connectivity index (χ0v) is 18.1. The van der Waals surface area contributed by atoms with Crippen LogP contribution in [0.1, 0.15) is 39.4 Å². The third kappa shape index (κ3) is 3.84. The summed E-state index contributed by atoms with van der Waals surface area (Å²) in [6, 6.07) is 11.1. The van der Waals surface area contributed by atoms with Gasteiger partial charge in [-0.25, -0.2) is 4.98 Å². The monoisotopic (exact) mass is 481 g/mol. The van der Waals surface area contributed by atoms with Crippen molar-refractivity contribution in [2.75, 3.05) is 5.32 Å². The molecule has 10 heteroatoms. The maximum absolute atomic E-state index is 13.0. The van der Waals surface area contributed by atoms with Crippen LogP contribution >= 0.6 is 0 Å². The Labute approximate surface area is 197 Å². The first-order chi connectivity index (χ1) is 16.8. The Morgan fingerprint density at radius 3 is 2.83 bits per heavy atom. The number of carbonyl (C=O) groups excluding carboxylic acids is 2. The van der Waals surface area contributed by atoms with Crippen LogP contribution in [0, 0.1) is 0 Å². The lowest BCUT2D eigenvalue weighted by Gasteiger charge is -2.19. The van der Waals surface area contributed by atoms with E-state index in [0.29, 0.717) is 35.9 Å². The van der Waals surface area contributed by atoms with Crippen molar-refractivity contribution in [2.45, 2.75) is 37.1 Å². The Bertz CT molecular complexity index is 1370. The molecule has 1 fully saturated rings. The number of ether oxygens (including phenoxy) is 2. The van der Waals surface area contributed by atoms with Crippen molar-refractivity contribution >= 4 is 17.6 Å². The molecule has 1 aliphatic carbocycles. The molecule has 7 nitrogen and oxygen atoms in total. The van der Waals surface area contributed by atoms with E-state index in [4.69, 9.17) is 9.47 Å². The summed E-state index contributed by atoms with van der Waals surface area (Å²) in [4.78, 5) is 28.4. The number of benzene rings is 2. The Hall–Kier alpha value is -4.08. The fraction of sp³-hybridized carbons (Fsp3) is 0.240. The molecule has 3 aliphatic rings. The number of carbonyl (C=O) groups is 2. The molecule has 3 unspecified atom stereocenters. The average Bonchev–Trinajstić information content (AvgIpc) is 3.35. The molecule has 2 aliphatic heterocycles. The van der Waals surface area contributed by atoms with Gasteiger partial charge in [0, 0.05) is 29.3 Å². The lowest BCUT2D eigenvalue weighted by Crippen LogP contribution is -2.30. The van der Waals surface area contributed by atoms with Gasteiger partial charge < -0.3 is 20.1 Å². The standard InChI is InChI=1S/C25H18F3N3O4/c26-25(27,28)13-3-1-2-12(10-13)24(33)31-21-20-16-11-14(4-6-17(16)35-22(20)21)34-18-8-9-29-23-15(18)5-7-19(32)30-23/h1-4,6,8-11,20-22H,5,7H2,(H,31,33)(H,29,30,32). The van der Waals surface area contributed by atoms with E-state index in [1.54, 1.807) is 24.4 Å². The van der Waals surface area contributed by atoms with Gasteiger partial charge in [-0.05, 0) is 48.9 Å². The van der Waals surface area contributed by atoms with Crippen molar-refractivity contribution in [3.05, 3.63) is 77.0 Å². The van der Waals surface area contributed by atoms with Gasteiger partial charge in [0.15, 0.2) is 0 Å². The van der Waals surface area contributed by atoms with Crippen molar-refractivity contribution in [2.24, 2.45) is 0 Å². The zero-order valence-electron chi connectivity index (χ0n) is 18.1. The second-order valence-corrected chi connectivity index (χ2v) is 8.67. The number of amides is 2. The molecule has 6 rings (SSSR count). The van der Waals surface area contributed by atoms with Crippen molar-refractivity contribution in [1.29, 1.82) is 0 Å². The van der Waals surface area contributed by atoms with Crippen molar-refractivity contribution in [3.63, 3.8) is 0 Å². The number of aromatic nitrogens is 1. The Balaban J connectivity index is 1.18. The number of pyridine rings is 1. The van der Waals surface area contributed by atoms with Crippen LogP contribution in [0.5, 0.6) is 17.2 Å². The molecule has 2 aromatic carbocycles. The Morgan fingerprint density at radius 2 is 2.00 bits per heavy atom. The molecule has 2 N–H and O–H groups in total. The van der Waals surface area contributed by atoms with Crippen molar-refractivity contribution in [3.8, 4) is 17.2 Å². The minimum Gasteiger partial charge on any atom is -0.487 e. The van der Waals surface area contributed by atoms with Crippen LogP contribution in [0.3, 0.4) is 0 Å². The van der Waals surface area contributed by atoms with Gasteiger partial charge in [0.2, 0.25) is 5.91 Å². The molecule has 3 heterocycles. The number of rotatable bonds is 4. The average molecular weight is 481 g/mol. The highest BCUT2D eigenvalue weighted by atomic mass is 19.4. The van der Waals surface area contributed by atoms with Gasteiger partial charge in [-0.15, -0.1) is 0 Å². The molecule has 0 radical (unpaired) electrons. The van der Waals surface area contributed by atoms with Crippen LogP contribution in [-0.2, 0) is 17.4 Å². The molecule has 1 aromatic heterocycles. The van der Waals surface area contributed by atoms with Crippen LogP contribution in [-0.4, -0.2) is 28.9 Å². The van der Waals surface area contributed by atoms with Crippen LogP contribution in [0.15, 0.2) is 54.7 Å². The molecule has 2 amide bonds. The number of halogens is 3. The first kappa shape index (κ1) is 21.5. The van der Waals surface area contributed by atoms with E-state index in [9.17, 15) is 22.8 Å². The number of hydrogen-bond acceptors (Lipinski definition) is 5. The largest absolute Gasteiger partial charge is 0.487 e. The third-order valence-electron chi connectivity index (χ3n) is 6.41. The smallest absolute Gasteiger partial charge is 0.416 e. The normalized spacial score (nSPS) is 21.7. The summed E-state index contributed by atoms with van der Waals surface area (Å²) < 4.78 is 50.9. The topological polar surface area (TPSA) is 89.5 Å². The SMILES string of the molecule is O=C1CCc2c(Oc3ccc4c(c3)C3C(NC(=O)c5cccc(C(F)(F)F)c5)C3O4)ccnc2N1. The summed E-state index contributed by atoms with van der Waals surface area (Å²) in [5, 5.41) is 5.52. The highest BCUT2D eigenvalue weighted by Gasteiger charge is 2.59. The summed E-state index contributed by atoms with van der Waals surface area (Å²) in [5.41, 5.74) is 0.747. The minimum absolute atomic E-state index is 0.0587. The summed E-state index contributed by atoms with van der Waals surface area (Å²) in [6.07, 6.45) is -2.37. The lowest BCUT2D eigenvalue weighted by atomic mass is 10.1. The number of nitrogens with zero attached hydrogens (tertiary/aromatic N) is 1. The van der Waals surface area contributed by atoms with Crippen molar-refractivity contribution in [1.82, 2.24) is 10.3 Å². The highest BCUT2D eigenvalue weighted by molar-refractivity contribution is 5.95. The van der Waals surface area contributed by atoms with E-state index in [2.05, 4.69) is 15.6 Å². The number of alkyl halides is 3. The molecule has 178 valence electrons. The van der Waals surface area contributed by atoms with E-state index in [1.165, 1.54) is 12.1 Å². The fourth-order valence-electron chi connectivity index (χ4n) is 4.63. The number of fused-ring (bicyclic) bond motifs is 4. The summed E-state index contributed by atoms with van der Waals surface area (Å²) in [5.74, 6) is 1.54. The van der Waals surface area contributed by atoms with Gasteiger partial charge in [0.25, 0.3) is 5.91 Å². The van der Waals surface area contributed by atoms with E-state index in [-0.39, 0.29) is 29.5 Å². The van der Waals surface area contributed by atoms with E-state index < -0.39 is 17.6 Å². The highest BCUT2D eigenvalue weighted by Crippen LogP contribution is 2.54. The first-order valence-electron chi connectivity index (χ1n) is 11.0. The molecule has 3 aromatic rings. The van der Waals surface area contributed by atoms with E-state index in [0.717, 1.165) is 23.3 Å². The fourth-order valence-corrected chi connectivity index (χ4v) is 4.63. The van der Waals surface area contributed by atoms with E-state index in [1.807, 2.05) is 6.07 Å². The van der Waals surface area contributed by atoms with Crippen LogP contribution in [0.25, 0.3) is 0 Å². The molecule has 1 saturated carbocycles. The van der Waals surface area contributed by atoms with Crippen molar-refractivity contribution < 1.29 is 32.2 Å². The molecule has 0 bridgehead atoms. The van der Waals surface area contributed by atoms with Crippen LogP contribution in [0.2, 0.25) is 0 Å². The van der Waals surface area contributed by atoms with Crippen LogP contribution < -0.4 is 20.1 Å². The predicted octanol–water partition coefficient (Wildman–Crippen LogP) is 4.43. The van der Waals surface area contributed by atoms with Gasteiger partial charge in [-0.3, -0.25) is 9.59 Å². The molecule has 3 atom stereocenters. The first-order valence-corrected chi connectivity index (χ1v) is 11.0. The molecule has 35 heavy (non-hydrogen) atoms. The summed E-state index contributed by atoms with van der Waals surface area (Å²) >= 11 is 0. The maximum Gasteiger partial charge on any atom is 0.416 e. The Kier molecular flexibility index (Phi) is 4.73. The zero-order chi connectivity index (χ0) is 24.3. The van der Waals surface area contributed by atoms with Gasteiger partial charge in [0.05, 0.1) is 17.5 Å².